The fraction of sp³-hybridized carbons (Fsp3) is 0.250. The highest BCUT2D eigenvalue weighted by Crippen LogP contribution is 2.31. The van der Waals surface area contributed by atoms with Gasteiger partial charge in [0.2, 0.25) is 0 Å². The van der Waals surface area contributed by atoms with Crippen molar-refractivity contribution in [3.63, 3.8) is 0 Å². The Balaban J connectivity index is 2.19. The van der Waals surface area contributed by atoms with Gasteiger partial charge in [0, 0.05) is 6.07 Å². The summed E-state index contributed by atoms with van der Waals surface area (Å²) >= 11 is 0. The molecule has 2 aromatic rings. The molecule has 23 heavy (non-hydrogen) atoms. The average molecular weight is 318 g/mol. The second kappa shape index (κ2) is 7.57. The predicted molar refractivity (Wildman–Crippen MR) is 84.4 cm³/mol. The molecule has 2 aromatic carbocycles. The fourth-order valence-electron chi connectivity index (χ4n) is 2.11. The van der Waals surface area contributed by atoms with E-state index >= 15 is 0 Å². The smallest absolute Gasteiger partial charge is 0.276 e. The maximum Gasteiger partial charge on any atom is 0.276 e. The molecule has 0 radical (unpaired) electrons. The molecule has 122 valence electrons. The number of nitrogens with zero attached hydrogens (tertiary/aromatic N) is 1. The van der Waals surface area contributed by atoms with E-state index < -0.39 is 11.0 Å². The van der Waals surface area contributed by atoms with Gasteiger partial charge in [0.05, 0.1) is 30.2 Å². The van der Waals surface area contributed by atoms with Gasteiger partial charge in [-0.1, -0.05) is 18.2 Å². The summed E-state index contributed by atoms with van der Waals surface area (Å²) in [5.74, 6) is 0.893. The first kappa shape index (κ1) is 16.7. The molecule has 1 atom stereocenters. The Labute approximate surface area is 133 Å². The number of methoxy groups -OCH3 is 1. The van der Waals surface area contributed by atoms with Crippen LogP contribution in [0.3, 0.4) is 0 Å². The summed E-state index contributed by atoms with van der Waals surface area (Å²) < 4.78 is 10.9. The van der Waals surface area contributed by atoms with Crippen molar-refractivity contribution < 1.29 is 19.5 Å². The van der Waals surface area contributed by atoms with Crippen molar-refractivity contribution in [3.8, 4) is 11.5 Å². The lowest BCUT2D eigenvalue weighted by atomic mass is 10.1. The summed E-state index contributed by atoms with van der Waals surface area (Å²) in [7, 11) is 1.49. The molecule has 0 amide bonds. The van der Waals surface area contributed by atoms with Gasteiger partial charge in [-0.25, -0.2) is 0 Å². The number of nitro groups is 1. The molecular formula is C16H18N2O5. The number of para-hydroxylation sites is 1. The normalized spacial score (nSPS) is 11.8. The highest BCUT2D eigenvalue weighted by molar-refractivity contribution is 5.45. The van der Waals surface area contributed by atoms with Gasteiger partial charge in [0.25, 0.3) is 5.69 Å². The quantitative estimate of drug-likeness (QED) is 0.598. The van der Waals surface area contributed by atoms with Crippen LogP contribution < -0.4 is 15.2 Å². The Bertz CT molecular complexity index is 690. The summed E-state index contributed by atoms with van der Waals surface area (Å²) in [6.07, 6.45) is 0. The topological polar surface area (TPSA) is 108 Å². The van der Waals surface area contributed by atoms with E-state index in [1.165, 1.54) is 13.2 Å². The number of ether oxygens (including phenoxy) is 2. The van der Waals surface area contributed by atoms with E-state index in [0.29, 0.717) is 22.6 Å². The molecule has 7 nitrogen and oxygen atoms in total. The van der Waals surface area contributed by atoms with Gasteiger partial charge in [-0.2, -0.15) is 0 Å². The minimum absolute atomic E-state index is 0.00499. The van der Waals surface area contributed by atoms with Gasteiger partial charge >= 0.3 is 0 Å². The highest BCUT2D eigenvalue weighted by atomic mass is 16.6. The zero-order chi connectivity index (χ0) is 16.8. The lowest BCUT2D eigenvalue weighted by Crippen LogP contribution is -2.14. The van der Waals surface area contributed by atoms with Crippen LogP contribution in [-0.2, 0) is 6.61 Å². The van der Waals surface area contributed by atoms with Crippen LogP contribution in [0.15, 0.2) is 42.5 Å². The van der Waals surface area contributed by atoms with Crippen molar-refractivity contribution in [2.45, 2.75) is 12.6 Å². The molecule has 0 bridgehead atoms. The van der Waals surface area contributed by atoms with E-state index in [-0.39, 0.29) is 18.9 Å². The van der Waals surface area contributed by atoms with Crippen LogP contribution in [0, 0.1) is 10.1 Å². The Morgan fingerprint density at radius 2 is 2.00 bits per heavy atom. The maximum atomic E-state index is 11.0. The molecule has 0 spiro atoms. The monoisotopic (exact) mass is 318 g/mol. The van der Waals surface area contributed by atoms with E-state index in [2.05, 4.69) is 0 Å². The number of aliphatic hydroxyl groups excluding tert-OH is 1. The van der Waals surface area contributed by atoms with Crippen LogP contribution >= 0.6 is 0 Å². The third-order valence-electron chi connectivity index (χ3n) is 3.38. The van der Waals surface area contributed by atoms with Crippen LogP contribution in [0.5, 0.6) is 11.5 Å². The van der Waals surface area contributed by atoms with Crippen LogP contribution in [0.2, 0.25) is 0 Å². The van der Waals surface area contributed by atoms with Gasteiger partial charge in [-0.15, -0.1) is 0 Å². The number of hydrogen-bond donors (Lipinski definition) is 2. The molecule has 0 fully saturated rings. The Kier molecular flexibility index (Phi) is 5.51. The largest absolute Gasteiger partial charge is 0.493 e. The van der Waals surface area contributed by atoms with Gasteiger partial charge in [0.15, 0.2) is 11.5 Å². The number of aliphatic hydroxyl groups is 1. The molecule has 2 rings (SSSR count). The van der Waals surface area contributed by atoms with E-state index in [0.717, 1.165) is 0 Å². The first-order valence-electron chi connectivity index (χ1n) is 6.96. The van der Waals surface area contributed by atoms with Crippen LogP contribution in [-0.4, -0.2) is 23.7 Å². The fourth-order valence-corrected chi connectivity index (χ4v) is 2.11. The van der Waals surface area contributed by atoms with Gasteiger partial charge in [0.1, 0.15) is 6.61 Å². The van der Waals surface area contributed by atoms with Crippen molar-refractivity contribution in [1.29, 1.82) is 0 Å². The first-order chi connectivity index (χ1) is 11.1. The SMILES string of the molecule is COc1cc([C@H](N)CO)ccc1OCc1ccccc1[N+](=O)[O-]. The maximum absolute atomic E-state index is 11.0. The number of nitro benzene ring substituents is 1. The molecule has 0 aliphatic rings. The standard InChI is InChI=1S/C16H18N2O5/c1-22-16-8-11(13(17)9-19)6-7-15(16)23-10-12-4-2-3-5-14(12)18(20)21/h2-8,13,19H,9-10,17H2,1H3/t13-/m1/s1. The zero-order valence-corrected chi connectivity index (χ0v) is 12.6. The van der Waals surface area contributed by atoms with Crippen LogP contribution in [0.1, 0.15) is 17.2 Å². The first-order valence-corrected chi connectivity index (χ1v) is 6.96. The summed E-state index contributed by atoms with van der Waals surface area (Å²) in [5.41, 5.74) is 6.95. The van der Waals surface area contributed by atoms with Crippen molar-refractivity contribution in [2.75, 3.05) is 13.7 Å². The number of benzene rings is 2. The molecule has 0 saturated carbocycles. The predicted octanol–water partition coefficient (Wildman–Crippen LogP) is 2.17. The van der Waals surface area contributed by atoms with Gasteiger partial charge in [-0.3, -0.25) is 10.1 Å². The van der Waals surface area contributed by atoms with E-state index in [1.54, 1.807) is 36.4 Å². The Morgan fingerprint density at radius 1 is 1.26 bits per heavy atom. The van der Waals surface area contributed by atoms with E-state index in [4.69, 9.17) is 20.3 Å². The van der Waals surface area contributed by atoms with Crippen molar-refractivity contribution in [2.24, 2.45) is 5.73 Å². The van der Waals surface area contributed by atoms with E-state index in [9.17, 15) is 10.1 Å². The summed E-state index contributed by atoms with van der Waals surface area (Å²) in [6, 6.07) is 10.9. The molecule has 0 saturated heterocycles. The molecular weight excluding hydrogens is 300 g/mol. The van der Waals surface area contributed by atoms with Crippen molar-refractivity contribution in [1.82, 2.24) is 0 Å². The zero-order valence-electron chi connectivity index (χ0n) is 12.6. The third-order valence-corrected chi connectivity index (χ3v) is 3.38. The number of rotatable bonds is 7. The minimum Gasteiger partial charge on any atom is -0.493 e. The molecule has 7 heteroatoms. The average Bonchev–Trinajstić information content (AvgIpc) is 2.59. The van der Waals surface area contributed by atoms with Gasteiger partial charge in [-0.05, 0) is 23.8 Å². The lowest BCUT2D eigenvalue weighted by molar-refractivity contribution is -0.385. The molecule has 0 aliphatic heterocycles. The Morgan fingerprint density at radius 3 is 2.65 bits per heavy atom. The lowest BCUT2D eigenvalue weighted by Gasteiger charge is -2.14. The second-order valence-corrected chi connectivity index (χ2v) is 4.87. The number of nitrogens with two attached hydrogens (primary N) is 1. The third kappa shape index (κ3) is 3.97. The highest BCUT2D eigenvalue weighted by Gasteiger charge is 2.15. The summed E-state index contributed by atoms with van der Waals surface area (Å²) in [5, 5.41) is 20.1. The summed E-state index contributed by atoms with van der Waals surface area (Å²) in [4.78, 5) is 10.6. The Hall–Kier alpha value is -2.64. The molecule has 0 aromatic heterocycles. The van der Waals surface area contributed by atoms with E-state index in [1.807, 2.05) is 0 Å². The molecule has 0 aliphatic carbocycles. The molecule has 3 N–H and O–H groups in total. The van der Waals surface area contributed by atoms with Crippen LogP contribution in [0.4, 0.5) is 5.69 Å². The molecule has 0 heterocycles. The van der Waals surface area contributed by atoms with Crippen molar-refractivity contribution >= 4 is 5.69 Å². The van der Waals surface area contributed by atoms with Gasteiger partial charge < -0.3 is 20.3 Å². The minimum atomic E-state index is -0.506. The number of hydrogen-bond acceptors (Lipinski definition) is 6. The van der Waals surface area contributed by atoms with Crippen LogP contribution in [0.25, 0.3) is 0 Å². The van der Waals surface area contributed by atoms with Crippen molar-refractivity contribution in [3.05, 3.63) is 63.7 Å². The summed E-state index contributed by atoms with van der Waals surface area (Å²) in [6.45, 7) is -0.140. The second-order valence-electron chi connectivity index (χ2n) is 4.87. The molecule has 0 unspecified atom stereocenters.